The quantitative estimate of drug-likeness (QED) is 0.495. The molecule has 3 atom stereocenters. The number of hydrogen-bond acceptors (Lipinski definition) is 3. The van der Waals surface area contributed by atoms with Gasteiger partial charge in [-0.25, -0.2) is 4.39 Å². The van der Waals surface area contributed by atoms with E-state index in [2.05, 4.69) is 19.9 Å². The number of halogens is 3. The van der Waals surface area contributed by atoms with Gasteiger partial charge < -0.3 is 9.47 Å². The molecule has 6 heteroatoms. The van der Waals surface area contributed by atoms with Crippen LogP contribution < -0.4 is 4.74 Å². The standard InChI is InChI=1S/C22H20Cl2FNO2/c1-22(2)16(11-21(23)24)17(22)13-27-20(12-26)14-8-9-18(25)19(10-14)28-15-6-4-3-5-7-15/h3-11,16-17,20H,13H2,1-2H3. The van der Waals surface area contributed by atoms with Crippen LogP contribution in [0.1, 0.15) is 25.5 Å². The highest BCUT2D eigenvalue weighted by atomic mass is 35.5. The molecule has 3 rings (SSSR count). The molecular weight excluding hydrogens is 400 g/mol. The number of nitriles is 1. The van der Waals surface area contributed by atoms with Crippen molar-refractivity contribution in [1.82, 2.24) is 0 Å². The fourth-order valence-corrected chi connectivity index (χ4v) is 3.63. The fourth-order valence-electron chi connectivity index (χ4n) is 3.36. The number of rotatable bonds is 7. The van der Waals surface area contributed by atoms with Gasteiger partial charge in [-0.05, 0) is 47.1 Å². The van der Waals surface area contributed by atoms with Crippen molar-refractivity contribution in [3.8, 4) is 17.6 Å². The third-order valence-electron chi connectivity index (χ3n) is 5.23. The first-order valence-electron chi connectivity index (χ1n) is 8.89. The van der Waals surface area contributed by atoms with E-state index in [0.717, 1.165) is 0 Å². The Bertz CT molecular complexity index is 904. The molecule has 1 aliphatic carbocycles. The number of nitrogens with zero attached hydrogens (tertiary/aromatic N) is 1. The highest BCUT2D eigenvalue weighted by molar-refractivity contribution is 6.55. The summed E-state index contributed by atoms with van der Waals surface area (Å²) >= 11 is 11.5. The van der Waals surface area contributed by atoms with E-state index in [1.165, 1.54) is 18.2 Å². The van der Waals surface area contributed by atoms with E-state index in [-0.39, 0.29) is 27.5 Å². The van der Waals surface area contributed by atoms with Crippen molar-refractivity contribution in [3.63, 3.8) is 0 Å². The van der Waals surface area contributed by atoms with Crippen molar-refractivity contribution < 1.29 is 13.9 Å². The van der Waals surface area contributed by atoms with Crippen molar-refractivity contribution in [2.75, 3.05) is 6.61 Å². The highest BCUT2D eigenvalue weighted by Crippen LogP contribution is 2.59. The summed E-state index contributed by atoms with van der Waals surface area (Å²) in [5.41, 5.74) is 0.537. The third-order valence-corrected chi connectivity index (χ3v) is 5.49. The van der Waals surface area contributed by atoms with Crippen LogP contribution in [-0.2, 0) is 4.74 Å². The van der Waals surface area contributed by atoms with Gasteiger partial charge in [0.1, 0.15) is 10.2 Å². The van der Waals surface area contributed by atoms with Gasteiger partial charge in [-0.15, -0.1) is 0 Å². The second-order valence-corrected chi connectivity index (χ2v) is 8.37. The van der Waals surface area contributed by atoms with Crippen LogP contribution in [0.25, 0.3) is 0 Å². The molecule has 0 bridgehead atoms. The SMILES string of the molecule is CC1(C)C(C=C(Cl)Cl)C1COC(C#N)c1ccc(F)c(Oc2ccccc2)c1. The second kappa shape index (κ2) is 8.53. The van der Waals surface area contributed by atoms with E-state index in [0.29, 0.717) is 17.9 Å². The van der Waals surface area contributed by atoms with E-state index in [1.807, 2.05) is 12.1 Å². The maximum absolute atomic E-state index is 14.1. The molecule has 146 valence electrons. The van der Waals surface area contributed by atoms with E-state index >= 15 is 0 Å². The van der Waals surface area contributed by atoms with Gasteiger partial charge in [-0.3, -0.25) is 0 Å². The monoisotopic (exact) mass is 419 g/mol. The fraction of sp³-hybridized carbons (Fsp3) is 0.318. The zero-order chi connectivity index (χ0) is 20.3. The molecule has 2 aromatic rings. The summed E-state index contributed by atoms with van der Waals surface area (Å²) in [7, 11) is 0. The lowest BCUT2D eigenvalue weighted by atomic mass is 10.1. The molecule has 3 nitrogen and oxygen atoms in total. The van der Waals surface area contributed by atoms with Crippen molar-refractivity contribution in [2.45, 2.75) is 20.0 Å². The Morgan fingerprint density at radius 2 is 1.96 bits per heavy atom. The number of benzene rings is 2. The molecule has 0 amide bonds. The largest absolute Gasteiger partial charge is 0.454 e. The van der Waals surface area contributed by atoms with Gasteiger partial charge in [0.2, 0.25) is 0 Å². The Labute approximate surface area is 174 Å². The van der Waals surface area contributed by atoms with Crippen molar-refractivity contribution in [3.05, 3.63) is 70.5 Å². The minimum absolute atomic E-state index is 0.000583. The molecular formula is C22H20Cl2FNO2. The second-order valence-electron chi connectivity index (χ2n) is 7.36. The normalized spacial score (nSPS) is 20.7. The van der Waals surface area contributed by atoms with E-state index in [1.54, 1.807) is 24.3 Å². The lowest BCUT2D eigenvalue weighted by Crippen LogP contribution is -2.07. The molecule has 0 saturated heterocycles. The maximum atomic E-state index is 14.1. The van der Waals surface area contributed by atoms with Gasteiger partial charge in [0.25, 0.3) is 0 Å². The molecule has 0 heterocycles. The Kier molecular flexibility index (Phi) is 6.30. The topological polar surface area (TPSA) is 42.2 Å². The summed E-state index contributed by atoms with van der Waals surface area (Å²) in [6, 6.07) is 15.3. The van der Waals surface area contributed by atoms with Crippen LogP contribution in [0.4, 0.5) is 4.39 Å². The molecule has 28 heavy (non-hydrogen) atoms. The Hall–Kier alpha value is -2.06. The minimum atomic E-state index is -0.828. The van der Waals surface area contributed by atoms with E-state index < -0.39 is 11.9 Å². The van der Waals surface area contributed by atoms with E-state index in [9.17, 15) is 9.65 Å². The van der Waals surface area contributed by atoms with Gasteiger partial charge in [0.15, 0.2) is 17.7 Å². The Balaban J connectivity index is 1.70. The lowest BCUT2D eigenvalue weighted by Gasteiger charge is -2.14. The smallest absolute Gasteiger partial charge is 0.169 e. The number of para-hydroxylation sites is 1. The van der Waals surface area contributed by atoms with Crippen LogP contribution in [0.5, 0.6) is 11.5 Å². The van der Waals surface area contributed by atoms with Gasteiger partial charge >= 0.3 is 0 Å². The average molecular weight is 420 g/mol. The van der Waals surface area contributed by atoms with Gasteiger partial charge in [-0.2, -0.15) is 5.26 Å². The summed E-state index contributed by atoms with van der Waals surface area (Å²) in [5, 5.41) is 9.54. The van der Waals surface area contributed by atoms with Crippen LogP contribution in [0.15, 0.2) is 59.1 Å². The molecule has 1 aliphatic rings. The van der Waals surface area contributed by atoms with Gasteiger partial charge in [-0.1, -0.05) is 67.4 Å². The van der Waals surface area contributed by atoms with Crippen LogP contribution in [0, 0.1) is 34.4 Å². The lowest BCUT2D eigenvalue weighted by molar-refractivity contribution is 0.0740. The van der Waals surface area contributed by atoms with Crippen LogP contribution >= 0.6 is 23.2 Å². The Morgan fingerprint density at radius 3 is 2.61 bits per heavy atom. The molecule has 0 spiro atoms. The number of ether oxygens (including phenoxy) is 2. The molecule has 2 aromatic carbocycles. The minimum Gasteiger partial charge on any atom is -0.454 e. The summed E-state index contributed by atoms with van der Waals surface area (Å²) in [6.45, 7) is 4.58. The molecule has 0 radical (unpaired) electrons. The summed E-state index contributed by atoms with van der Waals surface area (Å²) < 4.78 is 25.8. The molecule has 0 aliphatic heterocycles. The molecule has 1 fully saturated rings. The van der Waals surface area contributed by atoms with Crippen LogP contribution in [-0.4, -0.2) is 6.61 Å². The molecule has 0 N–H and O–H groups in total. The zero-order valence-electron chi connectivity index (χ0n) is 15.5. The van der Waals surface area contributed by atoms with E-state index in [4.69, 9.17) is 32.7 Å². The van der Waals surface area contributed by atoms with Crippen molar-refractivity contribution in [1.29, 1.82) is 5.26 Å². The first kappa shape index (κ1) is 20.7. The Morgan fingerprint density at radius 1 is 1.25 bits per heavy atom. The first-order chi connectivity index (χ1) is 13.3. The van der Waals surface area contributed by atoms with Crippen molar-refractivity contribution in [2.24, 2.45) is 17.3 Å². The molecule has 1 saturated carbocycles. The number of hydrogen-bond donors (Lipinski definition) is 0. The predicted molar refractivity (Wildman–Crippen MR) is 108 cm³/mol. The maximum Gasteiger partial charge on any atom is 0.169 e. The highest BCUT2D eigenvalue weighted by Gasteiger charge is 2.56. The molecule has 3 unspecified atom stereocenters. The summed E-state index contributed by atoms with van der Waals surface area (Å²) in [5.74, 6) is 0.460. The predicted octanol–water partition coefficient (Wildman–Crippen LogP) is 6.79. The van der Waals surface area contributed by atoms with Gasteiger partial charge in [0.05, 0.1) is 12.7 Å². The summed E-state index contributed by atoms with van der Waals surface area (Å²) in [6.07, 6.45) is 0.980. The average Bonchev–Trinajstić information content (AvgIpc) is 3.17. The third kappa shape index (κ3) is 4.67. The molecule has 0 aromatic heterocycles. The number of allylic oxidation sites excluding steroid dienone is 1. The summed E-state index contributed by atoms with van der Waals surface area (Å²) in [4.78, 5) is 0. The van der Waals surface area contributed by atoms with Crippen LogP contribution in [0.2, 0.25) is 0 Å². The van der Waals surface area contributed by atoms with Crippen molar-refractivity contribution >= 4 is 23.2 Å². The van der Waals surface area contributed by atoms with Gasteiger partial charge in [0, 0.05) is 0 Å². The zero-order valence-corrected chi connectivity index (χ0v) is 17.0. The first-order valence-corrected chi connectivity index (χ1v) is 9.65. The van der Waals surface area contributed by atoms with Crippen LogP contribution in [0.3, 0.4) is 0 Å².